The largest absolute Gasteiger partial charge is 0.491 e. The van der Waals surface area contributed by atoms with E-state index in [9.17, 15) is 14.7 Å². The molecule has 2 N–H and O–H groups in total. The fourth-order valence-corrected chi connectivity index (χ4v) is 6.07. The lowest BCUT2D eigenvalue weighted by atomic mass is 9.73. The number of hydrogen-bond donors (Lipinski definition) is 2. The number of amides is 1. The molecule has 1 aromatic carbocycles. The first-order chi connectivity index (χ1) is 17.2. The third-order valence-electron chi connectivity index (χ3n) is 7.88. The Balaban J connectivity index is 1.08. The molecular weight excluding hydrogens is 482 g/mol. The Morgan fingerprint density at radius 3 is 2.69 bits per heavy atom. The Kier molecular flexibility index (Phi) is 5.55. The van der Waals surface area contributed by atoms with E-state index in [4.69, 9.17) is 16.3 Å². The van der Waals surface area contributed by atoms with Crippen LogP contribution in [0.5, 0.6) is 5.75 Å². The highest BCUT2D eigenvalue weighted by Gasteiger charge is 2.48. The number of benzene rings is 1. The van der Waals surface area contributed by atoms with Crippen LogP contribution in [-0.4, -0.2) is 62.3 Å². The molecule has 36 heavy (non-hydrogen) atoms. The molecule has 2 aliphatic heterocycles. The van der Waals surface area contributed by atoms with Crippen molar-refractivity contribution in [2.24, 2.45) is 0 Å². The molecule has 4 heterocycles. The lowest BCUT2D eigenvalue weighted by Gasteiger charge is -2.41. The summed E-state index contributed by atoms with van der Waals surface area (Å²) < 4.78 is 7.59. The van der Waals surface area contributed by atoms with Gasteiger partial charge in [0.05, 0.1) is 23.4 Å². The fourth-order valence-electron chi connectivity index (χ4n) is 5.90. The van der Waals surface area contributed by atoms with Gasteiger partial charge in [0.25, 0.3) is 5.56 Å². The van der Waals surface area contributed by atoms with Gasteiger partial charge in [-0.05, 0) is 69.5 Å². The van der Waals surface area contributed by atoms with Gasteiger partial charge >= 0.3 is 0 Å². The summed E-state index contributed by atoms with van der Waals surface area (Å²) in [4.78, 5) is 36.3. The summed E-state index contributed by atoms with van der Waals surface area (Å²) in [5, 5.41) is 13.7. The molecule has 0 bridgehead atoms. The summed E-state index contributed by atoms with van der Waals surface area (Å²) in [6, 6.07) is 7.32. The number of carbonyl (C=O) groups is 1. The number of aromatic nitrogens is 3. The Bertz CT molecular complexity index is 1410. The monoisotopic (exact) mass is 509 g/mol. The van der Waals surface area contributed by atoms with Gasteiger partial charge in [-0.1, -0.05) is 11.6 Å². The minimum atomic E-state index is -0.741. The Hall–Kier alpha value is -3.01. The number of likely N-dealkylation sites (tertiary alicyclic amines) is 1. The number of hydrogen-bond acceptors (Lipinski definition) is 7. The van der Waals surface area contributed by atoms with Crippen LogP contribution in [0.4, 0.5) is 5.69 Å². The van der Waals surface area contributed by atoms with E-state index in [0.717, 1.165) is 43.7 Å². The van der Waals surface area contributed by atoms with Gasteiger partial charge in [0, 0.05) is 29.4 Å². The van der Waals surface area contributed by atoms with Gasteiger partial charge in [0.1, 0.15) is 17.9 Å². The first-order valence-electron chi connectivity index (χ1n) is 12.3. The van der Waals surface area contributed by atoms with Crippen LogP contribution >= 0.6 is 11.6 Å². The summed E-state index contributed by atoms with van der Waals surface area (Å²) in [5.74, 6) is 0.655. The fraction of sp³-hybridized carbons (Fsp3) is 0.462. The van der Waals surface area contributed by atoms with Gasteiger partial charge in [-0.3, -0.25) is 19.1 Å². The molecular formula is C26H28ClN5O4. The van der Waals surface area contributed by atoms with E-state index in [1.165, 1.54) is 6.20 Å². The second-order valence-electron chi connectivity index (χ2n) is 10.5. The van der Waals surface area contributed by atoms with Gasteiger partial charge in [-0.15, -0.1) is 0 Å². The molecule has 1 aliphatic carbocycles. The van der Waals surface area contributed by atoms with Crippen LogP contribution in [0.2, 0.25) is 5.02 Å². The lowest BCUT2D eigenvalue weighted by molar-refractivity contribution is -0.122. The average Bonchev–Trinajstić information content (AvgIpc) is 3.09. The van der Waals surface area contributed by atoms with Crippen molar-refractivity contribution >= 4 is 34.4 Å². The summed E-state index contributed by atoms with van der Waals surface area (Å²) in [5.41, 5.74) is 1.51. The zero-order valence-electron chi connectivity index (χ0n) is 20.0. The van der Waals surface area contributed by atoms with Crippen molar-refractivity contribution < 1.29 is 14.6 Å². The van der Waals surface area contributed by atoms with Crippen LogP contribution < -0.4 is 15.6 Å². The number of nitrogens with zero attached hydrogens (tertiary/aromatic N) is 4. The first-order valence-corrected chi connectivity index (χ1v) is 12.7. The van der Waals surface area contributed by atoms with Gasteiger partial charge in [0.2, 0.25) is 5.91 Å². The first kappa shape index (κ1) is 23.4. The van der Waals surface area contributed by atoms with Crippen molar-refractivity contribution in [3.8, 4) is 5.75 Å². The number of halogens is 1. The molecule has 1 amide bonds. The predicted octanol–water partition coefficient (Wildman–Crippen LogP) is 2.90. The minimum absolute atomic E-state index is 0.0643. The molecule has 9 nitrogen and oxygen atoms in total. The molecule has 1 saturated carbocycles. The van der Waals surface area contributed by atoms with E-state index in [1.54, 1.807) is 29.8 Å². The van der Waals surface area contributed by atoms with E-state index >= 15 is 0 Å². The predicted molar refractivity (Wildman–Crippen MR) is 136 cm³/mol. The molecule has 1 saturated heterocycles. The number of carbonyl (C=O) groups excluding carboxylic acids is 1. The standard InChI is InChI=1S/C26H28ClN5O4/c1-25(35)12-17(13-25)32-22(33)15-28-21-11-18(14-29-23(21)32)36-9-8-31-6-4-26(5-7-31)19-10-16(27)2-3-20(19)30-24(26)34/h2-3,10-11,14-15,17,35H,4-9,12-13H2,1H3,(H,30,34). The Labute approximate surface area is 213 Å². The molecule has 6 rings (SSSR count). The van der Waals surface area contributed by atoms with Gasteiger partial charge in [-0.2, -0.15) is 0 Å². The smallest absolute Gasteiger partial charge is 0.270 e. The number of aliphatic hydroxyl groups is 1. The third kappa shape index (κ3) is 3.95. The molecule has 2 fully saturated rings. The number of anilines is 1. The van der Waals surface area contributed by atoms with Crippen LogP contribution in [0.25, 0.3) is 11.2 Å². The maximum absolute atomic E-state index is 12.8. The number of fused-ring (bicyclic) bond motifs is 3. The molecule has 188 valence electrons. The highest BCUT2D eigenvalue weighted by atomic mass is 35.5. The van der Waals surface area contributed by atoms with Crippen LogP contribution in [0.1, 0.15) is 44.2 Å². The second kappa shape index (κ2) is 8.54. The average molecular weight is 510 g/mol. The van der Waals surface area contributed by atoms with Crippen molar-refractivity contribution in [3.05, 3.63) is 57.6 Å². The molecule has 0 unspecified atom stereocenters. The summed E-state index contributed by atoms with van der Waals surface area (Å²) in [6.07, 6.45) is 5.42. The van der Waals surface area contributed by atoms with Gasteiger partial charge < -0.3 is 15.2 Å². The van der Waals surface area contributed by atoms with E-state index in [2.05, 4.69) is 20.2 Å². The SMILES string of the molecule is CC1(O)CC(n2c(=O)cnc3cc(OCCN4CCC5(CC4)C(=O)Nc4ccc(Cl)cc45)cnc32)C1. The number of ether oxygens (including phenoxy) is 1. The molecule has 3 aliphatic rings. The normalized spacial score (nSPS) is 25.0. The van der Waals surface area contributed by atoms with Crippen LogP contribution in [0.15, 0.2) is 41.5 Å². The maximum atomic E-state index is 12.8. The van der Waals surface area contributed by atoms with Crippen molar-refractivity contribution in [2.45, 2.75) is 49.7 Å². The quantitative estimate of drug-likeness (QED) is 0.544. The van der Waals surface area contributed by atoms with Crippen LogP contribution in [-0.2, 0) is 10.2 Å². The molecule has 0 atom stereocenters. The second-order valence-corrected chi connectivity index (χ2v) is 10.9. The molecule has 0 radical (unpaired) electrons. The van der Waals surface area contributed by atoms with E-state index in [0.29, 0.717) is 41.4 Å². The molecule has 3 aromatic rings. The molecule has 10 heteroatoms. The van der Waals surface area contributed by atoms with Crippen LogP contribution in [0.3, 0.4) is 0 Å². The van der Waals surface area contributed by atoms with Gasteiger partial charge in [0.15, 0.2) is 5.65 Å². The molecule has 1 spiro atoms. The zero-order chi connectivity index (χ0) is 25.1. The zero-order valence-corrected chi connectivity index (χ0v) is 20.8. The van der Waals surface area contributed by atoms with E-state index < -0.39 is 11.0 Å². The van der Waals surface area contributed by atoms with Crippen molar-refractivity contribution in [1.29, 1.82) is 0 Å². The lowest BCUT2D eigenvalue weighted by Crippen LogP contribution is -2.47. The van der Waals surface area contributed by atoms with E-state index in [1.807, 2.05) is 12.1 Å². The highest BCUT2D eigenvalue weighted by Crippen LogP contribution is 2.46. The summed E-state index contributed by atoms with van der Waals surface area (Å²) in [7, 11) is 0. The van der Waals surface area contributed by atoms with Crippen molar-refractivity contribution in [2.75, 3.05) is 31.6 Å². The molecule has 2 aromatic heterocycles. The number of nitrogens with one attached hydrogen (secondary N) is 1. The van der Waals surface area contributed by atoms with Gasteiger partial charge in [-0.25, -0.2) is 9.97 Å². The van der Waals surface area contributed by atoms with E-state index in [-0.39, 0.29) is 17.5 Å². The number of pyridine rings is 1. The number of piperidine rings is 1. The summed E-state index contributed by atoms with van der Waals surface area (Å²) in [6.45, 7) is 4.55. The topological polar surface area (TPSA) is 110 Å². The van der Waals surface area contributed by atoms with Crippen LogP contribution in [0, 0.1) is 0 Å². The Morgan fingerprint density at radius 2 is 1.94 bits per heavy atom. The maximum Gasteiger partial charge on any atom is 0.270 e. The third-order valence-corrected chi connectivity index (χ3v) is 8.12. The number of rotatable bonds is 5. The highest BCUT2D eigenvalue weighted by molar-refractivity contribution is 6.31. The van der Waals surface area contributed by atoms with Crippen molar-refractivity contribution in [1.82, 2.24) is 19.4 Å². The summed E-state index contributed by atoms with van der Waals surface area (Å²) >= 11 is 6.22. The van der Waals surface area contributed by atoms with Crippen molar-refractivity contribution in [3.63, 3.8) is 0 Å². The minimum Gasteiger partial charge on any atom is -0.491 e. The Morgan fingerprint density at radius 1 is 1.17 bits per heavy atom.